The minimum absolute atomic E-state index is 0.336. The van der Waals surface area contributed by atoms with Gasteiger partial charge in [-0.15, -0.1) is 0 Å². The van der Waals surface area contributed by atoms with Gasteiger partial charge in [-0.05, 0) is 75.7 Å². The molecule has 0 bridgehead atoms. The number of ether oxygens (including phenoxy) is 2. The zero-order valence-electron chi connectivity index (χ0n) is 14.1. The number of anilines is 1. The van der Waals surface area contributed by atoms with Gasteiger partial charge in [0.15, 0.2) is 0 Å². The first-order valence-corrected chi connectivity index (χ1v) is 8.60. The van der Waals surface area contributed by atoms with E-state index in [2.05, 4.69) is 31.9 Å². The van der Waals surface area contributed by atoms with Crippen molar-refractivity contribution in [1.82, 2.24) is 0 Å². The summed E-state index contributed by atoms with van der Waals surface area (Å²) in [6.07, 6.45) is -1.60. The van der Waals surface area contributed by atoms with Crippen molar-refractivity contribution in [3.05, 3.63) is 27.1 Å². The average molecular weight is 451 g/mol. The fraction of sp³-hybridized carbons (Fsp3) is 0.500. The molecule has 0 saturated carbocycles. The normalized spacial score (nSPS) is 11.8. The summed E-state index contributed by atoms with van der Waals surface area (Å²) < 4.78 is 12.0. The van der Waals surface area contributed by atoms with Crippen LogP contribution in [0.1, 0.15) is 41.5 Å². The van der Waals surface area contributed by atoms with Crippen molar-refractivity contribution in [2.75, 3.05) is 4.90 Å². The SMILES string of the molecule is CC(C)(C)OC(=O)N(C(=O)OC(C)(C)C)c1cc(Br)ccc1Br. The Kier molecular flexibility index (Phi) is 6.26. The fourth-order valence-corrected chi connectivity index (χ4v) is 2.32. The van der Waals surface area contributed by atoms with Gasteiger partial charge in [-0.25, -0.2) is 9.59 Å². The van der Waals surface area contributed by atoms with Crippen LogP contribution >= 0.6 is 31.9 Å². The van der Waals surface area contributed by atoms with Crippen molar-refractivity contribution >= 4 is 49.7 Å². The van der Waals surface area contributed by atoms with E-state index in [9.17, 15) is 9.59 Å². The number of carbonyl (C=O) groups excluding carboxylic acids is 2. The highest BCUT2D eigenvalue weighted by atomic mass is 79.9. The predicted molar refractivity (Wildman–Crippen MR) is 96.8 cm³/mol. The summed E-state index contributed by atoms with van der Waals surface area (Å²) in [7, 11) is 0. The van der Waals surface area contributed by atoms with Crippen molar-refractivity contribution in [2.24, 2.45) is 0 Å². The van der Waals surface area contributed by atoms with Gasteiger partial charge in [0.2, 0.25) is 0 Å². The Morgan fingerprint density at radius 3 is 1.74 bits per heavy atom. The minimum atomic E-state index is -0.800. The van der Waals surface area contributed by atoms with Crippen LogP contribution in [0.25, 0.3) is 0 Å². The number of benzene rings is 1. The van der Waals surface area contributed by atoms with Crippen LogP contribution in [0.5, 0.6) is 0 Å². The molecule has 0 aliphatic carbocycles. The summed E-state index contributed by atoms with van der Waals surface area (Å²) >= 11 is 6.68. The van der Waals surface area contributed by atoms with E-state index in [1.165, 1.54) is 0 Å². The standard InChI is InChI=1S/C16H21Br2NO4/c1-15(2,3)22-13(20)19(14(21)23-16(4,5)6)12-9-10(17)7-8-11(12)18/h7-9H,1-6H3. The summed E-state index contributed by atoms with van der Waals surface area (Å²) in [5.41, 5.74) is -1.14. The molecule has 0 heterocycles. The highest BCUT2D eigenvalue weighted by Gasteiger charge is 2.33. The zero-order chi connectivity index (χ0) is 18.0. The van der Waals surface area contributed by atoms with Crippen LogP contribution in [0.2, 0.25) is 0 Å². The molecular weight excluding hydrogens is 430 g/mol. The van der Waals surface area contributed by atoms with E-state index < -0.39 is 23.4 Å². The molecule has 0 saturated heterocycles. The third kappa shape index (κ3) is 6.51. The maximum atomic E-state index is 12.5. The highest BCUT2D eigenvalue weighted by Crippen LogP contribution is 2.32. The molecule has 0 aliphatic rings. The van der Waals surface area contributed by atoms with Crippen LogP contribution in [0.4, 0.5) is 15.3 Å². The van der Waals surface area contributed by atoms with E-state index in [0.29, 0.717) is 14.6 Å². The van der Waals surface area contributed by atoms with Crippen molar-refractivity contribution in [1.29, 1.82) is 0 Å². The number of carbonyl (C=O) groups is 2. The summed E-state index contributed by atoms with van der Waals surface area (Å²) in [4.78, 5) is 25.9. The van der Waals surface area contributed by atoms with Crippen LogP contribution < -0.4 is 4.90 Å². The van der Waals surface area contributed by atoms with E-state index >= 15 is 0 Å². The quantitative estimate of drug-likeness (QED) is 0.535. The van der Waals surface area contributed by atoms with Gasteiger partial charge in [-0.3, -0.25) is 0 Å². The predicted octanol–water partition coefficient (Wildman–Crippen LogP) is 5.89. The molecule has 128 valence electrons. The Balaban J connectivity index is 3.28. The zero-order valence-corrected chi connectivity index (χ0v) is 17.2. The molecular formula is C16H21Br2NO4. The maximum Gasteiger partial charge on any atom is 0.424 e. The lowest BCUT2D eigenvalue weighted by molar-refractivity contribution is 0.0430. The smallest absolute Gasteiger partial charge is 0.424 e. The van der Waals surface area contributed by atoms with E-state index in [1.54, 1.807) is 59.7 Å². The molecule has 0 radical (unpaired) electrons. The van der Waals surface area contributed by atoms with Gasteiger partial charge in [0, 0.05) is 8.95 Å². The first kappa shape index (κ1) is 20.0. The van der Waals surface area contributed by atoms with Crippen molar-refractivity contribution in [2.45, 2.75) is 52.7 Å². The molecule has 7 heteroatoms. The van der Waals surface area contributed by atoms with Gasteiger partial charge in [0.1, 0.15) is 11.2 Å². The topological polar surface area (TPSA) is 55.8 Å². The number of hydrogen-bond acceptors (Lipinski definition) is 4. The van der Waals surface area contributed by atoms with Crippen molar-refractivity contribution < 1.29 is 19.1 Å². The van der Waals surface area contributed by atoms with Crippen molar-refractivity contribution in [3.63, 3.8) is 0 Å². The number of imide groups is 1. The van der Waals surface area contributed by atoms with Gasteiger partial charge < -0.3 is 9.47 Å². The summed E-state index contributed by atoms with van der Waals surface area (Å²) in [5.74, 6) is 0. The van der Waals surface area contributed by atoms with Crippen LogP contribution in [0.15, 0.2) is 27.1 Å². The van der Waals surface area contributed by atoms with Crippen LogP contribution in [0, 0.1) is 0 Å². The summed E-state index contributed by atoms with van der Waals surface area (Å²) in [6, 6.07) is 5.15. The molecule has 0 unspecified atom stereocenters. The van der Waals surface area contributed by atoms with Crippen LogP contribution in [-0.2, 0) is 9.47 Å². The lowest BCUT2D eigenvalue weighted by atomic mass is 10.2. The largest absolute Gasteiger partial charge is 0.443 e. The van der Waals surface area contributed by atoms with Gasteiger partial charge in [0.05, 0.1) is 5.69 Å². The Bertz CT molecular complexity index is 575. The monoisotopic (exact) mass is 449 g/mol. The number of halogens is 2. The fourth-order valence-electron chi connectivity index (χ4n) is 1.54. The Labute approximate surface area is 153 Å². The van der Waals surface area contributed by atoms with Crippen LogP contribution in [0.3, 0.4) is 0 Å². The molecule has 1 rings (SSSR count). The molecule has 0 aromatic heterocycles. The lowest BCUT2D eigenvalue weighted by Gasteiger charge is -2.29. The third-order valence-electron chi connectivity index (χ3n) is 2.30. The number of hydrogen-bond donors (Lipinski definition) is 0. The second-order valence-electron chi connectivity index (χ2n) is 6.89. The van der Waals surface area contributed by atoms with E-state index in [0.717, 1.165) is 4.90 Å². The minimum Gasteiger partial charge on any atom is -0.443 e. The van der Waals surface area contributed by atoms with E-state index in [1.807, 2.05) is 0 Å². The molecule has 0 aliphatic heterocycles. The van der Waals surface area contributed by atoms with E-state index in [4.69, 9.17) is 9.47 Å². The third-order valence-corrected chi connectivity index (χ3v) is 3.47. The second-order valence-corrected chi connectivity index (χ2v) is 8.66. The van der Waals surface area contributed by atoms with Gasteiger partial charge in [-0.2, -0.15) is 4.90 Å². The molecule has 0 N–H and O–H groups in total. The lowest BCUT2D eigenvalue weighted by Crippen LogP contribution is -2.44. The maximum absolute atomic E-state index is 12.5. The molecule has 0 atom stereocenters. The Morgan fingerprint density at radius 1 is 0.913 bits per heavy atom. The molecule has 23 heavy (non-hydrogen) atoms. The van der Waals surface area contributed by atoms with E-state index in [-0.39, 0.29) is 0 Å². The number of amides is 2. The number of nitrogens with zero attached hydrogens (tertiary/aromatic N) is 1. The molecule has 0 fully saturated rings. The number of rotatable bonds is 1. The Hall–Kier alpha value is -1.08. The highest BCUT2D eigenvalue weighted by molar-refractivity contribution is 9.11. The molecule has 1 aromatic rings. The molecule has 2 amide bonds. The van der Waals surface area contributed by atoms with Gasteiger partial charge >= 0.3 is 12.2 Å². The van der Waals surface area contributed by atoms with Gasteiger partial charge in [-0.1, -0.05) is 15.9 Å². The van der Waals surface area contributed by atoms with Crippen molar-refractivity contribution in [3.8, 4) is 0 Å². The first-order valence-electron chi connectivity index (χ1n) is 7.01. The van der Waals surface area contributed by atoms with Crippen LogP contribution in [-0.4, -0.2) is 23.4 Å². The summed E-state index contributed by atoms with van der Waals surface area (Å²) in [6.45, 7) is 10.4. The second kappa shape index (κ2) is 7.21. The van der Waals surface area contributed by atoms with Gasteiger partial charge in [0.25, 0.3) is 0 Å². The first-order chi connectivity index (χ1) is 10.3. The average Bonchev–Trinajstić information content (AvgIpc) is 2.29. The molecule has 5 nitrogen and oxygen atoms in total. The molecule has 1 aromatic carbocycles. The molecule has 0 spiro atoms. The summed E-state index contributed by atoms with van der Waals surface area (Å²) in [5, 5.41) is 0. The Morgan fingerprint density at radius 2 is 1.35 bits per heavy atom.